The highest BCUT2D eigenvalue weighted by Crippen LogP contribution is 2.33. The monoisotopic (exact) mass is 268 g/mol. The Kier molecular flexibility index (Phi) is 3.38. The van der Waals surface area contributed by atoms with Gasteiger partial charge in [0.05, 0.1) is 10.9 Å². The van der Waals surface area contributed by atoms with Crippen LogP contribution in [0.1, 0.15) is 37.9 Å². The molecule has 0 fully saturated rings. The van der Waals surface area contributed by atoms with Crippen LogP contribution in [0.3, 0.4) is 0 Å². The maximum absolute atomic E-state index is 12.2. The van der Waals surface area contributed by atoms with Crippen molar-refractivity contribution < 1.29 is 8.42 Å². The number of hydrogen-bond acceptors (Lipinski definition) is 3. The van der Waals surface area contributed by atoms with Crippen LogP contribution in [-0.4, -0.2) is 20.2 Å². The van der Waals surface area contributed by atoms with Gasteiger partial charge in [0, 0.05) is 12.6 Å². The number of nitrogens with zero attached hydrogens (tertiary/aromatic N) is 1. The summed E-state index contributed by atoms with van der Waals surface area (Å²) >= 11 is 0. The lowest BCUT2D eigenvalue weighted by Crippen LogP contribution is -2.34. The van der Waals surface area contributed by atoms with E-state index in [0.29, 0.717) is 6.54 Å². The van der Waals surface area contributed by atoms with Crippen LogP contribution in [0.2, 0.25) is 0 Å². The summed E-state index contributed by atoms with van der Waals surface area (Å²) in [5, 5.41) is -0.392. The van der Waals surface area contributed by atoms with Gasteiger partial charge in [0.15, 0.2) is 0 Å². The summed E-state index contributed by atoms with van der Waals surface area (Å²) in [6.07, 6.45) is 0.766. The summed E-state index contributed by atoms with van der Waals surface area (Å²) in [6, 6.07) is 5.79. The third-order valence-electron chi connectivity index (χ3n) is 3.39. The van der Waals surface area contributed by atoms with Crippen LogP contribution in [-0.2, 0) is 16.4 Å². The van der Waals surface area contributed by atoms with E-state index < -0.39 is 15.3 Å². The Bertz CT molecular complexity index is 550. The molecule has 1 aromatic rings. The Hall–Kier alpha value is -1.07. The summed E-state index contributed by atoms with van der Waals surface area (Å²) in [6.45, 7) is 5.89. The largest absolute Gasteiger partial charge is 0.324 e. The van der Waals surface area contributed by atoms with E-state index in [0.717, 1.165) is 23.2 Å². The van der Waals surface area contributed by atoms with Gasteiger partial charge in [-0.2, -0.15) is 0 Å². The van der Waals surface area contributed by atoms with Crippen molar-refractivity contribution in [1.29, 1.82) is 0 Å². The molecule has 0 aliphatic carbocycles. The predicted octanol–water partition coefficient (Wildman–Crippen LogP) is 1.81. The first-order valence-corrected chi connectivity index (χ1v) is 7.74. The molecule has 1 aliphatic heterocycles. The second kappa shape index (κ2) is 4.55. The number of nitrogens with two attached hydrogens (primary N) is 1. The molecule has 100 valence electrons. The molecule has 1 unspecified atom stereocenters. The molecule has 1 aliphatic rings. The molecule has 1 atom stereocenters. The number of hydrogen-bond donors (Lipinski definition) is 1. The van der Waals surface area contributed by atoms with Gasteiger partial charge < -0.3 is 5.73 Å². The normalized spacial score (nSPS) is 17.1. The van der Waals surface area contributed by atoms with E-state index in [2.05, 4.69) is 0 Å². The fourth-order valence-corrected chi connectivity index (χ4v) is 3.50. The first-order valence-electron chi connectivity index (χ1n) is 6.24. The van der Waals surface area contributed by atoms with Crippen molar-refractivity contribution in [3.63, 3.8) is 0 Å². The maximum atomic E-state index is 12.2. The van der Waals surface area contributed by atoms with Gasteiger partial charge in [-0.25, -0.2) is 8.42 Å². The smallest absolute Gasteiger partial charge is 0.237 e. The van der Waals surface area contributed by atoms with E-state index in [4.69, 9.17) is 5.73 Å². The van der Waals surface area contributed by atoms with Crippen molar-refractivity contribution in [1.82, 2.24) is 0 Å². The minimum Gasteiger partial charge on any atom is -0.324 e. The van der Waals surface area contributed by atoms with E-state index in [1.54, 1.807) is 13.8 Å². The number of sulfonamides is 1. The van der Waals surface area contributed by atoms with Gasteiger partial charge in [-0.1, -0.05) is 12.1 Å². The summed E-state index contributed by atoms with van der Waals surface area (Å²) < 4.78 is 26.0. The van der Waals surface area contributed by atoms with Gasteiger partial charge in [-0.15, -0.1) is 0 Å². The molecule has 1 heterocycles. The average Bonchev–Trinajstić information content (AvgIpc) is 2.71. The summed E-state index contributed by atoms with van der Waals surface area (Å²) in [7, 11) is -3.22. The Morgan fingerprint density at radius 3 is 2.50 bits per heavy atom. The highest BCUT2D eigenvalue weighted by molar-refractivity contribution is 7.93. The zero-order valence-electron chi connectivity index (χ0n) is 11.1. The van der Waals surface area contributed by atoms with Crippen LogP contribution in [0.5, 0.6) is 0 Å². The number of fused-ring (bicyclic) bond motifs is 1. The Morgan fingerprint density at radius 2 is 1.94 bits per heavy atom. The lowest BCUT2D eigenvalue weighted by Gasteiger charge is -2.22. The van der Waals surface area contributed by atoms with Crippen molar-refractivity contribution in [3.05, 3.63) is 29.3 Å². The fourth-order valence-electron chi connectivity index (χ4n) is 2.19. The molecule has 4 nitrogen and oxygen atoms in total. The average molecular weight is 268 g/mol. The molecule has 2 rings (SSSR count). The van der Waals surface area contributed by atoms with E-state index in [-0.39, 0.29) is 6.04 Å². The maximum Gasteiger partial charge on any atom is 0.237 e. The van der Waals surface area contributed by atoms with Crippen LogP contribution in [0, 0.1) is 0 Å². The van der Waals surface area contributed by atoms with E-state index in [1.807, 2.05) is 25.1 Å². The van der Waals surface area contributed by atoms with Crippen molar-refractivity contribution in [2.75, 3.05) is 10.8 Å². The van der Waals surface area contributed by atoms with Gasteiger partial charge >= 0.3 is 0 Å². The zero-order chi connectivity index (χ0) is 13.5. The highest BCUT2D eigenvalue weighted by Gasteiger charge is 2.31. The second-order valence-corrected chi connectivity index (χ2v) is 7.51. The van der Waals surface area contributed by atoms with Crippen LogP contribution in [0.15, 0.2) is 18.2 Å². The lowest BCUT2D eigenvalue weighted by molar-refractivity contribution is 0.583. The fraction of sp³-hybridized carbons (Fsp3) is 0.538. The van der Waals surface area contributed by atoms with E-state index in [9.17, 15) is 8.42 Å². The molecule has 0 amide bonds. The van der Waals surface area contributed by atoms with Gasteiger partial charge in [-0.05, 0) is 44.4 Å². The first kappa shape index (κ1) is 13.4. The van der Waals surface area contributed by atoms with Crippen LogP contribution in [0.25, 0.3) is 0 Å². The standard InChI is InChI=1S/C13H20N2O2S/c1-9(2)18(16,17)15-7-6-12-8-11(10(3)14)4-5-13(12)15/h4-5,8-10H,6-7,14H2,1-3H3. The Balaban J connectivity index is 2.41. The van der Waals surface area contributed by atoms with Crippen molar-refractivity contribution >= 4 is 15.7 Å². The van der Waals surface area contributed by atoms with Gasteiger partial charge in [0.1, 0.15) is 0 Å². The molecule has 18 heavy (non-hydrogen) atoms. The topological polar surface area (TPSA) is 63.4 Å². The quantitative estimate of drug-likeness (QED) is 0.909. The summed E-state index contributed by atoms with van der Waals surface area (Å²) in [5.41, 5.74) is 8.79. The van der Waals surface area contributed by atoms with E-state index >= 15 is 0 Å². The molecule has 0 saturated heterocycles. The van der Waals surface area contributed by atoms with Crippen LogP contribution < -0.4 is 10.0 Å². The first-order chi connectivity index (χ1) is 8.34. The van der Waals surface area contributed by atoms with Gasteiger partial charge in [0.2, 0.25) is 10.0 Å². The highest BCUT2D eigenvalue weighted by atomic mass is 32.2. The molecule has 0 aromatic heterocycles. The molecule has 0 spiro atoms. The van der Waals surface area contributed by atoms with Gasteiger partial charge in [0.25, 0.3) is 0 Å². The molecule has 0 saturated carbocycles. The molecular formula is C13H20N2O2S. The molecular weight excluding hydrogens is 248 g/mol. The lowest BCUT2D eigenvalue weighted by atomic mass is 10.0. The van der Waals surface area contributed by atoms with Crippen molar-refractivity contribution in [2.45, 2.75) is 38.5 Å². The molecule has 0 radical (unpaired) electrons. The predicted molar refractivity (Wildman–Crippen MR) is 74.2 cm³/mol. The molecule has 5 heteroatoms. The minimum absolute atomic E-state index is 0.0222. The third-order valence-corrected chi connectivity index (χ3v) is 5.57. The van der Waals surface area contributed by atoms with Crippen molar-refractivity contribution in [2.24, 2.45) is 5.73 Å². The second-order valence-electron chi connectivity index (χ2n) is 5.09. The number of rotatable bonds is 3. The molecule has 0 bridgehead atoms. The van der Waals surface area contributed by atoms with Crippen LogP contribution >= 0.6 is 0 Å². The molecule has 1 aromatic carbocycles. The van der Waals surface area contributed by atoms with Crippen molar-refractivity contribution in [3.8, 4) is 0 Å². The zero-order valence-corrected chi connectivity index (χ0v) is 11.9. The Morgan fingerprint density at radius 1 is 1.28 bits per heavy atom. The summed E-state index contributed by atoms with van der Waals surface area (Å²) in [5.74, 6) is 0. The van der Waals surface area contributed by atoms with E-state index in [1.165, 1.54) is 4.31 Å². The SMILES string of the molecule is CC(N)c1ccc2c(c1)CCN2S(=O)(=O)C(C)C. The number of anilines is 1. The van der Waals surface area contributed by atoms with Crippen LogP contribution in [0.4, 0.5) is 5.69 Å². The summed E-state index contributed by atoms with van der Waals surface area (Å²) in [4.78, 5) is 0. The molecule has 2 N–H and O–H groups in total. The third kappa shape index (κ3) is 2.12. The van der Waals surface area contributed by atoms with Gasteiger partial charge in [-0.3, -0.25) is 4.31 Å². The Labute approximate surface area is 109 Å². The number of benzene rings is 1. The minimum atomic E-state index is -3.22.